The zero-order valence-electron chi connectivity index (χ0n) is 22.6. The Balaban J connectivity index is 1.81. The topological polar surface area (TPSA) is 104 Å². The van der Waals surface area contributed by atoms with Gasteiger partial charge in [0.1, 0.15) is 0 Å². The highest BCUT2D eigenvalue weighted by Crippen LogP contribution is 2.52. The number of carboxylic acids is 1. The van der Waals surface area contributed by atoms with Crippen molar-refractivity contribution in [3.63, 3.8) is 0 Å². The van der Waals surface area contributed by atoms with Gasteiger partial charge in [-0.1, -0.05) is 72.9 Å². The number of carbonyl (C=O) groups excluding carboxylic acids is 1. The van der Waals surface area contributed by atoms with E-state index in [1.54, 1.807) is 30.0 Å². The van der Waals surface area contributed by atoms with Gasteiger partial charge < -0.3 is 10.0 Å². The Hall–Kier alpha value is -2.62. The molecule has 0 spiro atoms. The van der Waals surface area contributed by atoms with Gasteiger partial charge in [-0.15, -0.1) is 0 Å². The summed E-state index contributed by atoms with van der Waals surface area (Å²) < 4.78 is 29.0. The van der Waals surface area contributed by atoms with Gasteiger partial charge in [-0.2, -0.15) is 0 Å². The predicted molar refractivity (Wildman–Crippen MR) is 161 cm³/mol. The fourth-order valence-corrected chi connectivity index (χ4v) is 7.15. The van der Waals surface area contributed by atoms with Gasteiger partial charge in [0, 0.05) is 33.6 Å². The van der Waals surface area contributed by atoms with Gasteiger partial charge in [-0.25, -0.2) is 13.1 Å². The van der Waals surface area contributed by atoms with Crippen LogP contribution in [0.2, 0.25) is 15.1 Å². The van der Waals surface area contributed by atoms with Crippen LogP contribution in [-0.2, 0) is 19.6 Å². The summed E-state index contributed by atoms with van der Waals surface area (Å²) in [7, 11) is -3.92. The van der Waals surface area contributed by atoms with Gasteiger partial charge in [0.25, 0.3) is 0 Å². The molecule has 4 atom stereocenters. The highest BCUT2D eigenvalue weighted by atomic mass is 35.5. The third-order valence-corrected chi connectivity index (χ3v) is 9.81. The molecule has 11 heteroatoms. The van der Waals surface area contributed by atoms with Crippen LogP contribution in [0.15, 0.2) is 77.7 Å². The number of hydrogen-bond donors (Lipinski definition) is 2. The summed E-state index contributed by atoms with van der Waals surface area (Å²) in [6.45, 7) is 3.45. The van der Waals surface area contributed by atoms with E-state index in [0.29, 0.717) is 21.5 Å². The number of hydrogen-bond acceptors (Lipinski definition) is 4. The van der Waals surface area contributed by atoms with E-state index in [4.69, 9.17) is 34.8 Å². The van der Waals surface area contributed by atoms with Gasteiger partial charge in [0.2, 0.25) is 15.9 Å². The molecular weight excluding hydrogens is 607 g/mol. The number of benzene rings is 3. The molecule has 7 nitrogen and oxygen atoms in total. The standard InChI is InChI=1S/C30H31Cl3N2O5S/c1-3-24(18-34-41(39,40)25-13-11-22(32)12-14-25)35-28(19-7-9-21(31)10-8-19)26(20-5-4-6-23(33)15-20)16-30(2,29(35)38)17-27(36)37/h4-15,24,26,28,34H,3,16-18H2,1-2H3,(H,36,37)/t24-,26+,28+,30+/m0/s1. The molecule has 3 aromatic rings. The van der Waals surface area contributed by atoms with Crippen molar-refractivity contribution in [3.05, 3.63) is 99.0 Å². The van der Waals surface area contributed by atoms with Crippen molar-refractivity contribution >= 4 is 56.7 Å². The van der Waals surface area contributed by atoms with Crippen LogP contribution in [-0.4, -0.2) is 42.9 Å². The molecule has 1 aliphatic rings. The molecule has 1 aliphatic heterocycles. The fourth-order valence-electron chi connectivity index (χ4n) is 5.62. The zero-order valence-corrected chi connectivity index (χ0v) is 25.6. The largest absolute Gasteiger partial charge is 0.481 e. The molecule has 1 heterocycles. The van der Waals surface area contributed by atoms with Gasteiger partial charge in [-0.05, 0) is 72.5 Å². The normalized spacial score (nSPS) is 22.0. The minimum Gasteiger partial charge on any atom is -0.481 e. The van der Waals surface area contributed by atoms with Gasteiger partial charge >= 0.3 is 5.97 Å². The molecular formula is C30H31Cl3N2O5S. The number of amides is 1. The third kappa shape index (κ3) is 7.07. The van der Waals surface area contributed by atoms with Gasteiger partial charge in [-0.3, -0.25) is 9.59 Å². The molecule has 218 valence electrons. The second kappa shape index (κ2) is 12.7. The Labute approximate surface area is 255 Å². The van der Waals surface area contributed by atoms with Crippen LogP contribution >= 0.6 is 34.8 Å². The molecule has 0 unspecified atom stereocenters. The van der Waals surface area contributed by atoms with Gasteiger partial charge in [0.15, 0.2) is 0 Å². The van der Waals surface area contributed by atoms with Crippen LogP contribution in [0.3, 0.4) is 0 Å². The van der Waals surface area contributed by atoms with Crippen LogP contribution < -0.4 is 4.72 Å². The monoisotopic (exact) mass is 636 g/mol. The molecule has 4 rings (SSSR count). The Morgan fingerprint density at radius 2 is 1.61 bits per heavy atom. The molecule has 3 aromatic carbocycles. The quantitative estimate of drug-likeness (QED) is 0.251. The van der Waals surface area contributed by atoms with E-state index in [-0.39, 0.29) is 36.1 Å². The minimum atomic E-state index is -3.92. The Morgan fingerprint density at radius 1 is 1.00 bits per heavy atom. The first kappa shape index (κ1) is 31.3. The van der Waals surface area contributed by atoms with E-state index >= 15 is 0 Å². The second-order valence-electron chi connectivity index (χ2n) is 10.6. The van der Waals surface area contributed by atoms with Crippen LogP contribution in [0, 0.1) is 5.41 Å². The van der Waals surface area contributed by atoms with Crippen molar-refractivity contribution in [2.75, 3.05) is 6.54 Å². The SMILES string of the molecule is CC[C@@H](CNS(=O)(=O)c1ccc(Cl)cc1)N1C(=O)[C@@](C)(CC(=O)O)C[C@H](c2cccc(Cl)c2)[C@H]1c1ccc(Cl)cc1. The number of rotatable bonds is 10. The number of carboxylic acid groups (broad SMARTS) is 1. The Bertz CT molecular complexity index is 1520. The van der Waals surface area contributed by atoms with Crippen molar-refractivity contribution in [2.24, 2.45) is 5.41 Å². The first-order valence-electron chi connectivity index (χ1n) is 13.2. The van der Waals surface area contributed by atoms with Crippen LogP contribution in [0.5, 0.6) is 0 Å². The maximum Gasteiger partial charge on any atom is 0.304 e. The van der Waals surface area contributed by atoms with Crippen LogP contribution in [0.25, 0.3) is 0 Å². The minimum absolute atomic E-state index is 0.0449. The van der Waals surface area contributed by atoms with Crippen molar-refractivity contribution in [1.29, 1.82) is 0 Å². The highest BCUT2D eigenvalue weighted by Gasteiger charge is 2.52. The number of carbonyl (C=O) groups is 2. The number of aliphatic carboxylic acids is 1. The lowest BCUT2D eigenvalue weighted by atomic mass is 9.67. The number of nitrogens with one attached hydrogen (secondary N) is 1. The Morgan fingerprint density at radius 3 is 2.17 bits per heavy atom. The third-order valence-electron chi connectivity index (χ3n) is 7.63. The number of likely N-dealkylation sites (tertiary alicyclic amines) is 1. The van der Waals surface area contributed by atoms with E-state index in [0.717, 1.165) is 11.1 Å². The second-order valence-corrected chi connectivity index (χ2v) is 13.6. The fraction of sp³-hybridized carbons (Fsp3) is 0.333. The van der Waals surface area contributed by atoms with E-state index in [9.17, 15) is 23.1 Å². The van der Waals surface area contributed by atoms with Crippen molar-refractivity contribution in [2.45, 2.75) is 56.0 Å². The van der Waals surface area contributed by atoms with Crippen molar-refractivity contribution in [3.8, 4) is 0 Å². The van der Waals surface area contributed by atoms with E-state index in [2.05, 4.69) is 4.72 Å². The maximum atomic E-state index is 14.3. The molecule has 0 bridgehead atoms. The summed E-state index contributed by atoms with van der Waals surface area (Å²) in [5, 5.41) is 11.2. The summed E-state index contributed by atoms with van der Waals surface area (Å²) in [5.41, 5.74) is 0.400. The summed E-state index contributed by atoms with van der Waals surface area (Å²) in [4.78, 5) is 28.0. The molecule has 0 aliphatic carbocycles. The molecule has 0 aromatic heterocycles. The van der Waals surface area contributed by atoms with E-state index < -0.39 is 33.5 Å². The first-order chi connectivity index (χ1) is 19.3. The molecule has 0 saturated carbocycles. The maximum absolute atomic E-state index is 14.3. The van der Waals surface area contributed by atoms with E-state index in [1.807, 2.05) is 37.3 Å². The predicted octanol–water partition coefficient (Wildman–Crippen LogP) is 6.94. The first-order valence-corrected chi connectivity index (χ1v) is 15.8. The molecule has 41 heavy (non-hydrogen) atoms. The summed E-state index contributed by atoms with van der Waals surface area (Å²) >= 11 is 18.5. The summed E-state index contributed by atoms with van der Waals surface area (Å²) in [6, 6.07) is 19.2. The molecule has 0 radical (unpaired) electrons. The van der Waals surface area contributed by atoms with E-state index in [1.165, 1.54) is 24.3 Å². The molecule has 2 N–H and O–H groups in total. The summed E-state index contributed by atoms with van der Waals surface area (Å²) in [5.74, 6) is -1.78. The average Bonchev–Trinajstić information content (AvgIpc) is 2.91. The molecule has 1 amide bonds. The average molecular weight is 638 g/mol. The number of piperidine rings is 1. The number of sulfonamides is 1. The highest BCUT2D eigenvalue weighted by molar-refractivity contribution is 7.89. The van der Waals surface area contributed by atoms with Crippen LogP contribution in [0.1, 0.15) is 56.2 Å². The van der Waals surface area contributed by atoms with Crippen molar-refractivity contribution in [1.82, 2.24) is 9.62 Å². The molecule has 1 fully saturated rings. The molecule has 1 saturated heterocycles. The number of halogens is 3. The lowest BCUT2D eigenvalue weighted by molar-refractivity contribution is -0.160. The number of nitrogens with zero attached hydrogens (tertiary/aromatic N) is 1. The zero-order chi connectivity index (χ0) is 29.9. The van der Waals surface area contributed by atoms with Crippen molar-refractivity contribution < 1.29 is 23.1 Å². The lowest BCUT2D eigenvalue weighted by Gasteiger charge is -2.52. The smallest absolute Gasteiger partial charge is 0.304 e. The lowest BCUT2D eigenvalue weighted by Crippen LogP contribution is -2.58. The summed E-state index contributed by atoms with van der Waals surface area (Å²) in [6.07, 6.45) is 0.291. The van der Waals surface area contributed by atoms with Gasteiger partial charge in [0.05, 0.1) is 22.8 Å². The van der Waals surface area contributed by atoms with Crippen LogP contribution in [0.4, 0.5) is 0 Å². The Kier molecular flexibility index (Phi) is 9.71.